The van der Waals surface area contributed by atoms with Crippen LogP contribution < -0.4 is 5.48 Å². The van der Waals surface area contributed by atoms with Gasteiger partial charge in [0.05, 0.1) is 12.7 Å². The third-order valence-electron chi connectivity index (χ3n) is 2.55. The van der Waals surface area contributed by atoms with Crippen LogP contribution in [0.5, 0.6) is 0 Å². The molecule has 15 heavy (non-hydrogen) atoms. The molecule has 0 spiro atoms. The van der Waals surface area contributed by atoms with Crippen molar-refractivity contribution in [1.82, 2.24) is 5.48 Å². The summed E-state index contributed by atoms with van der Waals surface area (Å²) in [6.07, 6.45) is 0. The minimum atomic E-state index is -0.247. The molecule has 0 heterocycles. The molecule has 0 amide bonds. The Morgan fingerprint density at radius 1 is 1.27 bits per heavy atom. The molecule has 0 aliphatic rings. The Kier molecular flexibility index (Phi) is 4.27. The Balaban J connectivity index is 2.82. The number of rotatable bonds is 5. The molecule has 0 aromatic heterocycles. The molecular formula is C12H19NO2. The van der Waals surface area contributed by atoms with Gasteiger partial charge in [0.25, 0.3) is 0 Å². The van der Waals surface area contributed by atoms with E-state index in [2.05, 4.69) is 37.5 Å². The van der Waals surface area contributed by atoms with Gasteiger partial charge >= 0.3 is 0 Å². The SMILES string of the molecule is CONCc1cccc(C(C)(C)OC)c1. The van der Waals surface area contributed by atoms with E-state index in [4.69, 9.17) is 9.57 Å². The third-order valence-corrected chi connectivity index (χ3v) is 2.55. The van der Waals surface area contributed by atoms with Gasteiger partial charge in [0.15, 0.2) is 0 Å². The zero-order valence-electron chi connectivity index (χ0n) is 9.83. The molecule has 0 bridgehead atoms. The van der Waals surface area contributed by atoms with Crippen LogP contribution in [0.3, 0.4) is 0 Å². The first kappa shape index (κ1) is 12.2. The van der Waals surface area contributed by atoms with Crippen LogP contribution in [0.25, 0.3) is 0 Å². The van der Waals surface area contributed by atoms with E-state index < -0.39 is 0 Å². The van der Waals surface area contributed by atoms with Crippen LogP contribution in [0, 0.1) is 0 Å². The first-order chi connectivity index (χ1) is 7.10. The zero-order valence-corrected chi connectivity index (χ0v) is 9.83. The van der Waals surface area contributed by atoms with Crippen molar-refractivity contribution in [2.45, 2.75) is 26.0 Å². The van der Waals surface area contributed by atoms with Gasteiger partial charge < -0.3 is 9.57 Å². The van der Waals surface area contributed by atoms with E-state index in [0.717, 1.165) is 0 Å². The van der Waals surface area contributed by atoms with Crippen molar-refractivity contribution in [2.75, 3.05) is 14.2 Å². The quantitative estimate of drug-likeness (QED) is 0.754. The lowest BCUT2D eigenvalue weighted by Gasteiger charge is -2.24. The molecule has 84 valence electrons. The highest BCUT2D eigenvalue weighted by atomic mass is 16.6. The Morgan fingerprint density at radius 2 is 2.00 bits per heavy atom. The van der Waals surface area contributed by atoms with Crippen molar-refractivity contribution in [2.24, 2.45) is 0 Å². The molecule has 0 radical (unpaired) electrons. The number of hydrogen-bond acceptors (Lipinski definition) is 3. The van der Waals surface area contributed by atoms with Gasteiger partial charge in [-0.2, -0.15) is 5.48 Å². The predicted octanol–water partition coefficient (Wildman–Crippen LogP) is 2.22. The maximum Gasteiger partial charge on any atom is 0.0871 e. The van der Waals surface area contributed by atoms with E-state index in [1.807, 2.05) is 6.07 Å². The summed E-state index contributed by atoms with van der Waals surface area (Å²) in [6, 6.07) is 8.28. The molecule has 1 aromatic rings. The molecule has 0 aliphatic carbocycles. The maximum absolute atomic E-state index is 5.43. The number of ether oxygens (including phenoxy) is 1. The molecular weight excluding hydrogens is 190 g/mol. The average Bonchev–Trinajstić information content (AvgIpc) is 2.27. The first-order valence-electron chi connectivity index (χ1n) is 5.00. The zero-order chi connectivity index (χ0) is 11.3. The second-order valence-corrected chi connectivity index (χ2v) is 3.94. The smallest absolute Gasteiger partial charge is 0.0871 e. The van der Waals surface area contributed by atoms with Crippen LogP contribution in [-0.2, 0) is 21.7 Å². The Hall–Kier alpha value is -0.900. The lowest BCUT2D eigenvalue weighted by atomic mass is 9.96. The molecule has 0 aliphatic heterocycles. The van der Waals surface area contributed by atoms with Crippen LogP contribution in [0.4, 0.5) is 0 Å². The predicted molar refractivity (Wildman–Crippen MR) is 60.3 cm³/mol. The van der Waals surface area contributed by atoms with Crippen molar-refractivity contribution in [3.8, 4) is 0 Å². The maximum atomic E-state index is 5.43. The van der Waals surface area contributed by atoms with Crippen molar-refractivity contribution in [3.05, 3.63) is 35.4 Å². The number of hydroxylamine groups is 1. The summed E-state index contributed by atoms with van der Waals surface area (Å²) in [5.41, 5.74) is 4.92. The average molecular weight is 209 g/mol. The van der Waals surface area contributed by atoms with E-state index >= 15 is 0 Å². The summed E-state index contributed by atoms with van der Waals surface area (Å²) >= 11 is 0. The third kappa shape index (κ3) is 3.30. The molecule has 0 saturated heterocycles. The van der Waals surface area contributed by atoms with Gasteiger partial charge in [-0.05, 0) is 25.0 Å². The van der Waals surface area contributed by atoms with E-state index in [-0.39, 0.29) is 5.60 Å². The normalized spacial score (nSPS) is 11.7. The van der Waals surface area contributed by atoms with E-state index in [0.29, 0.717) is 6.54 Å². The molecule has 3 heteroatoms. The van der Waals surface area contributed by atoms with Gasteiger partial charge in [-0.1, -0.05) is 24.3 Å². The molecule has 0 fully saturated rings. The highest BCUT2D eigenvalue weighted by Gasteiger charge is 2.19. The van der Waals surface area contributed by atoms with Gasteiger partial charge in [-0.25, -0.2) is 0 Å². The van der Waals surface area contributed by atoms with Gasteiger partial charge in [-0.15, -0.1) is 0 Å². The first-order valence-corrected chi connectivity index (χ1v) is 5.00. The van der Waals surface area contributed by atoms with E-state index in [1.54, 1.807) is 14.2 Å². The van der Waals surface area contributed by atoms with E-state index in [1.165, 1.54) is 11.1 Å². The van der Waals surface area contributed by atoms with Crippen LogP contribution in [-0.4, -0.2) is 14.2 Å². The van der Waals surface area contributed by atoms with Crippen molar-refractivity contribution < 1.29 is 9.57 Å². The summed E-state index contributed by atoms with van der Waals surface area (Å²) in [5, 5.41) is 0. The summed E-state index contributed by atoms with van der Waals surface area (Å²) < 4.78 is 5.43. The minimum Gasteiger partial charge on any atom is -0.374 e. The van der Waals surface area contributed by atoms with Crippen molar-refractivity contribution in [3.63, 3.8) is 0 Å². The standard InChI is InChI=1S/C12H19NO2/c1-12(2,14-3)11-7-5-6-10(8-11)9-13-15-4/h5-8,13H,9H2,1-4H3. The molecule has 0 saturated carbocycles. The fraction of sp³-hybridized carbons (Fsp3) is 0.500. The van der Waals surface area contributed by atoms with E-state index in [9.17, 15) is 0 Å². The fourth-order valence-electron chi connectivity index (χ4n) is 1.33. The van der Waals surface area contributed by atoms with Gasteiger partial charge in [0.1, 0.15) is 0 Å². The van der Waals surface area contributed by atoms with Crippen LogP contribution >= 0.6 is 0 Å². The highest BCUT2D eigenvalue weighted by molar-refractivity contribution is 5.27. The van der Waals surface area contributed by atoms with Crippen LogP contribution in [0.1, 0.15) is 25.0 Å². The monoisotopic (exact) mass is 209 g/mol. The second-order valence-electron chi connectivity index (χ2n) is 3.94. The van der Waals surface area contributed by atoms with Crippen molar-refractivity contribution >= 4 is 0 Å². The molecule has 1 aromatic carbocycles. The lowest BCUT2D eigenvalue weighted by molar-refractivity contribution is 0.0190. The summed E-state index contributed by atoms with van der Waals surface area (Å²) in [4.78, 5) is 4.82. The fourth-order valence-corrected chi connectivity index (χ4v) is 1.33. The number of benzene rings is 1. The summed E-state index contributed by atoms with van der Waals surface area (Å²) in [5.74, 6) is 0. The Morgan fingerprint density at radius 3 is 2.60 bits per heavy atom. The highest BCUT2D eigenvalue weighted by Crippen LogP contribution is 2.24. The lowest BCUT2D eigenvalue weighted by Crippen LogP contribution is -2.20. The molecule has 0 atom stereocenters. The Bertz CT molecular complexity index is 310. The minimum absolute atomic E-state index is 0.247. The topological polar surface area (TPSA) is 30.5 Å². The second kappa shape index (κ2) is 5.26. The van der Waals surface area contributed by atoms with Crippen LogP contribution in [0.2, 0.25) is 0 Å². The summed E-state index contributed by atoms with van der Waals surface area (Å²) in [7, 11) is 3.34. The van der Waals surface area contributed by atoms with Gasteiger partial charge in [0, 0.05) is 13.7 Å². The largest absolute Gasteiger partial charge is 0.374 e. The van der Waals surface area contributed by atoms with Gasteiger partial charge in [0.2, 0.25) is 0 Å². The van der Waals surface area contributed by atoms with Crippen LogP contribution in [0.15, 0.2) is 24.3 Å². The summed E-state index contributed by atoms with van der Waals surface area (Å²) in [6.45, 7) is 4.80. The molecule has 1 N–H and O–H groups in total. The Labute approximate surface area is 91.4 Å². The number of methoxy groups -OCH3 is 1. The number of nitrogens with one attached hydrogen (secondary N) is 1. The number of hydrogen-bond donors (Lipinski definition) is 1. The molecule has 3 nitrogen and oxygen atoms in total. The van der Waals surface area contributed by atoms with Gasteiger partial charge in [-0.3, -0.25) is 0 Å². The van der Waals surface area contributed by atoms with Crippen molar-refractivity contribution in [1.29, 1.82) is 0 Å². The molecule has 1 rings (SSSR count). The molecule has 0 unspecified atom stereocenters.